The summed E-state index contributed by atoms with van der Waals surface area (Å²) in [4.78, 5) is 4.78. The first-order valence-electron chi connectivity index (χ1n) is 7.72. The highest BCUT2D eigenvalue weighted by atomic mass is 19.1. The minimum Gasteiger partial charge on any atom is -0.494 e. The van der Waals surface area contributed by atoms with Crippen LogP contribution in [-0.2, 0) is 12.3 Å². The van der Waals surface area contributed by atoms with Crippen molar-refractivity contribution in [3.05, 3.63) is 65.9 Å². The summed E-state index contributed by atoms with van der Waals surface area (Å²) < 4.78 is 20.8. The SMILES string of the molecule is BC(B)(c1cnn(C)c1)c1ccc(OC)c(-c2cccc(F)c2)n1. The number of aromatic nitrogens is 3. The molecule has 3 rings (SSSR count). The van der Waals surface area contributed by atoms with Crippen LogP contribution in [0.15, 0.2) is 48.8 Å². The molecule has 0 fully saturated rings. The minimum absolute atomic E-state index is 0.298. The van der Waals surface area contributed by atoms with Gasteiger partial charge in [0.05, 0.1) is 13.3 Å². The van der Waals surface area contributed by atoms with Gasteiger partial charge in [-0.05, 0) is 35.0 Å². The zero-order valence-electron chi connectivity index (χ0n) is 14.2. The fourth-order valence-electron chi connectivity index (χ4n) is 2.69. The molecule has 2 aromatic heterocycles. The van der Waals surface area contributed by atoms with Crippen molar-refractivity contribution in [1.29, 1.82) is 0 Å². The first-order chi connectivity index (χ1) is 11.4. The highest BCUT2D eigenvalue weighted by Crippen LogP contribution is 2.32. The summed E-state index contributed by atoms with van der Waals surface area (Å²) in [6.07, 6.45) is 3.82. The number of rotatable bonds is 4. The molecule has 1 aromatic carbocycles. The van der Waals surface area contributed by atoms with Gasteiger partial charge >= 0.3 is 0 Å². The summed E-state index contributed by atoms with van der Waals surface area (Å²) >= 11 is 0. The van der Waals surface area contributed by atoms with Crippen molar-refractivity contribution in [3.63, 3.8) is 0 Å². The molecule has 0 bridgehead atoms. The lowest BCUT2D eigenvalue weighted by atomic mass is 9.50. The zero-order chi connectivity index (χ0) is 17.3. The van der Waals surface area contributed by atoms with Crippen LogP contribution in [0.4, 0.5) is 4.39 Å². The molecule has 0 amide bonds. The van der Waals surface area contributed by atoms with Crippen LogP contribution in [-0.4, -0.2) is 37.6 Å². The van der Waals surface area contributed by atoms with E-state index in [9.17, 15) is 4.39 Å². The molecule has 0 saturated carbocycles. The van der Waals surface area contributed by atoms with Gasteiger partial charge in [0.15, 0.2) is 0 Å². The third-order valence-corrected chi connectivity index (χ3v) is 4.24. The van der Waals surface area contributed by atoms with E-state index in [0.29, 0.717) is 17.0 Å². The molecule has 0 radical (unpaired) electrons. The molecular weight excluding hydrogens is 303 g/mol. The zero-order valence-corrected chi connectivity index (χ0v) is 14.2. The van der Waals surface area contributed by atoms with Crippen molar-refractivity contribution < 1.29 is 9.13 Å². The van der Waals surface area contributed by atoms with Gasteiger partial charge in [0.1, 0.15) is 33.0 Å². The summed E-state index contributed by atoms with van der Waals surface area (Å²) in [6, 6.07) is 10.2. The lowest BCUT2D eigenvalue weighted by Crippen LogP contribution is -2.29. The fraction of sp³-hybridized carbons (Fsp3) is 0.176. The maximum atomic E-state index is 13.6. The first kappa shape index (κ1) is 16.3. The Kier molecular flexibility index (Phi) is 4.18. The number of benzene rings is 1. The number of aryl methyl sites for hydroxylation is 1. The molecule has 2 heterocycles. The Hall–Kier alpha value is -2.56. The van der Waals surface area contributed by atoms with Crippen LogP contribution < -0.4 is 4.74 Å². The van der Waals surface area contributed by atoms with Crippen LogP contribution in [0.3, 0.4) is 0 Å². The second kappa shape index (κ2) is 6.15. The van der Waals surface area contributed by atoms with E-state index >= 15 is 0 Å². The molecule has 0 aliphatic carbocycles. The molecular formula is C17H18B2FN3O. The number of hydrogen-bond donors (Lipinski definition) is 0. The van der Waals surface area contributed by atoms with Crippen LogP contribution in [0.5, 0.6) is 5.75 Å². The summed E-state index contributed by atoms with van der Waals surface area (Å²) in [5.74, 6) is 0.319. The number of halogens is 1. The molecule has 4 nitrogen and oxygen atoms in total. The second-order valence-corrected chi connectivity index (χ2v) is 6.29. The van der Waals surface area contributed by atoms with Crippen LogP contribution in [0.2, 0.25) is 0 Å². The van der Waals surface area contributed by atoms with Gasteiger partial charge in [-0.25, -0.2) is 9.37 Å². The van der Waals surface area contributed by atoms with Gasteiger partial charge in [0.25, 0.3) is 0 Å². The standard InChI is InChI=1S/C17H18B2FN3O/c1-23-10-12(9-21-23)17(18,19)15-7-6-14(24-2)16(22-15)11-4-3-5-13(20)8-11/h3-10H,18-19H2,1-2H3. The van der Waals surface area contributed by atoms with Crippen molar-refractivity contribution in [1.82, 2.24) is 14.8 Å². The van der Waals surface area contributed by atoms with E-state index in [-0.39, 0.29) is 11.0 Å². The van der Waals surface area contributed by atoms with Gasteiger partial charge in [-0.3, -0.25) is 4.68 Å². The Balaban J connectivity index is 2.12. The van der Waals surface area contributed by atoms with Crippen molar-refractivity contribution in [2.24, 2.45) is 7.05 Å². The normalized spacial score (nSPS) is 11.5. The van der Waals surface area contributed by atoms with E-state index in [1.54, 1.807) is 17.9 Å². The van der Waals surface area contributed by atoms with Gasteiger partial charge in [-0.2, -0.15) is 5.10 Å². The summed E-state index contributed by atoms with van der Waals surface area (Å²) in [6.45, 7) is 0. The molecule has 0 aliphatic heterocycles. The quantitative estimate of drug-likeness (QED) is 0.676. The average molecular weight is 321 g/mol. The Morgan fingerprint density at radius 1 is 1.21 bits per heavy atom. The predicted molar refractivity (Wildman–Crippen MR) is 97.3 cm³/mol. The van der Waals surface area contributed by atoms with Crippen molar-refractivity contribution in [3.8, 4) is 17.0 Å². The van der Waals surface area contributed by atoms with E-state index in [4.69, 9.17) is 9.72 Å². The van der Waals surface area contributed by atoms with Crippen molar-refractivity contribution in [2.75, 3.05) is 7.11 Å². The lowest BCUT2D eigenvalue weighted by molar-refractivity contribution is 0.414. The Labute approximate surface area is 142 Å². The molecule has 7 heteroatoms. The van der Waals surface area contributed by atoms with E-state index in [0.717, 1.165) is 11.3 Å². The van der Waals surface area contributed by atoms with Crippen molar-refractivity contribution >= 4 is 15.7 Å². The highest BCUT2D eigenvalue weighted by molar-refractivity contribution is 6.42. The molecule has 0 spiro atoms. The molecule has 3 aromatic rings. The highest BCUT2D eigenvalue weighted by Gasteiger charge is 2.27. The number of nitrogens with zero attached hydrogens (tertiary/aromatic N) is 3. The van der Waals surface area contributed by atoms with Crippen molar-refractivity contribution in [2.45, 2.75) is 5.21 Å². The van der Waals surface area contributed by atoms with Gasteiger partial charge in [-0.1, -0.05) is 12.1 Å². The maximum absolute atomic E-state index is 13.6. The summed E-state index contributed by atoms with van der Waals surface area (Å²) in [5.41, 5.74) is 3.26. The predicted octanol–water partition coefficient (Wildman–Crippen LogP) is 1.10. The first-order valence-corrected chi connectivity index (χ1v) is 7.72. The number of hydrogen-bond acceptors (Lipinski definition) is 3. The third kappa shape index (κ3) is 2.94. The van der Waals surface area contributed by atoms with Crippen LogP contribution >= 0.6 is 0 Å². The van der Waals surface area contributed by atoms with E-state index in [2.05, 4.69) is 20.8 Å². The largest absolute Gasteiger partial charge is 0.494 e. The van der Waals surface area contributed by atoms with Crippen LogP contribution in [0.1, 0.15) is 11.3 Å². The molecule has 24 heavy (non-hydrogen) atoms. The number of methoxy groups -OCH3 is 1. The maximum Gasteiger partial charge on any atom is 0.145 e. The number of ether oxygens (including phenoxy) is 1. The van der Waals surface area contributed by atoms with Gasteiger partial charge in [0, 0.05) is 24.5 Å². The molecule has 0 atom stereocenters. The molecule has 0 aliphatic rings. The van der Waals surface area contributed by atoms with Gasteiger partial charge in [-0.15, -0.1) is 0 Å². The fourth-order valence-corrected chi connectivity index (χ4v) is 2.69. The molecule has 120 valence electrons. The number of pyridine rings is 1. The van der Waals surface area contributed by atoms with Crippen LogP contribution in [0.25, 0.3) is 11.3 Å². The average Bonchev–Trinajstić information content (AvgIpc) is 3.01. The Bertz CT molecular complexity index is 880. The van der Waals surface area contributed by atoms with Gasteiger partial charge < -0.3 is 4.74 Å². The second-order valence-electron chi connectivity index (χ2n) is 6.29. The molecule has 0 saturated heterocycles. The molecule has 0 N–H and O–H groups in total. The topological polar surface area (TPSA) is 39.9 Å². The lowest BCUT2D eigenvalue weighted by Gasteiger charge is -2.24. The summed E-state index contributed by atoms with van der Waals surface area (Å²) in [7, 11) is 7.66. The minimum atomic E-state index is -0.331. The molecule has 0 unspecified atom stereocenters. The van der Waals surface area contributed by atoms with E-state index in [1.807, 2.05) is 37.6 Å². The third-order valence-electron chi connectivity index (χ3n) is 4.24. The monoisotopic (exact) mass is 321 g/mol. The van der Waals surface area contributed by atoms with Gasteiger partial charge in [0.2, 0.25) is 0 Å². The Morgan fingerprint density at radius 3 is 2.62 bits per heavy atom. The Morgan fingerprint density at radius 2 is 2.00 bits per heavy atom. The van der Waals surface area contributed by atoms with E-state index in [1.165, 1.54) is 12.1 Å². The van der Waals surface area contributed by atoms with Crippen LogP contribution in [0, 0.1) is 5.82 Å². The smallest absolute Gasteiger partial charge is 0.145 e. The van der Waals surface area contributed by atoms with E-state index < -0.39 is 0 Å². The summed E-state index contributed by atoms with van der Waals surface area (Å²) in [5, 5.41) is 3.92.